The Morgan fingerprint density at radius 2 is 1.83 bits per heavy atom. The van der Waals surface area contributed by atoms with E-state index < -0.39 is 23.3 Å². The van der Waals surface area contributed by atoms with Crippen molar-refractivity contribution in [3.05, 3.63) is 60.1 Å². The number of ether oxygens (including phenoxy) is 1. The summed E-state index contributed by atoms with van der Waals surface area (Å²) < 4.78 is 37.5. The Morgan fingerprint density at radius 3 is 2.53 bits per heavy atom. The molecule has 1 amide bonds. The topological polar surface area (TPSA) is 89.6 Å². The van der Waals surface area contributed by atoms with E-state index in [1.54, 1.807) is 18.5 Å². The first-order chi connectivity index (χ1) is 17.1. The van der Waals surface area contributed by atoms with Gasteiger partial charge in [-0.05, 0) is 51.0 Å². The molecular weight excluding hydrogens is 468 g/mol. The predicted octanol–water partition coefficient (Wildman–Crippen LogP) is 4.02. The second-order valence-electron chi connectivity index (χ2n) is 9.76. The van der Waals surface area contributed by atoms with E-state index in [4.69, 9.17) is 4.74 Å². The van der Waals surface area contributed by atoms with Crippen molar-refractivity contribution in [1.82, 2.24) is 24.1 Å². The molecule has 4 aromatic rings. The second kappa shape index (κ2) is 8.98. The van der Waals surface area contributed by atoms with Gasteiger partial charge in [-0.3, -0.25) is 14.2 Å². The number of imidazole rings is 1. The van der Waals surface area contributed by atoms with Gasteiger partial charge in [-0.2, -0.15) is 13.9 Å². The van der Waals surface area contributed by atoms with Crippen molar-refractivity contribution in [1.29, 1.82) is 0 Å². The molecule has 9 nitrogen and oxygen atoms in total. The summed E-state index contributed by atoms with van der Waals surface area (Å²) in [5.41, 5.74) is 2.96. The summed E-state index contributed by atoms with van der Waals surface area (Å²) in [6, 6.07) is 3.56. The van der Waals surface area contributed by atoms with Crippen molar-refractivity contribution in [2.75, 3.05) is 36.5 Å². The molecule has 0 unspecified atom stereocenters. The maximum absolute atomic E-state index is 14.8. The van der Waals surface area contributed by atoms with Crippen LogP contribution in [0.1, 0.15) is 36.8 Å². The van der Waals surface area contributed by atoms with Crippen LogP contribution in [0.15, 0.2) is 36.9 Å². The SMILES string of the molecule is Cc1cnc(C(=O)Nc2cnn(C(C)(C)C)c2F)cc1-c1cc(N2CCOCC2)c2ncc(F)n2c1. The number of aromatic nitrogens is 5. The first-order valence-electron chi connectivity index (χ1n) is 11.6. The van der Waals surface area contributed by atoms with E-state index in [2.05, 4.69) is 25.3 Å². The standard InChI is InChI=1S/C25H27F2N7O2/c1-15-11-28-18(24(35)31-19-12-30-34(22(19)27)25(2,3)4)10-17(15)16-9-20(32-5-7-36-8-6-32)23-29-13-21(26)33(23)14-16/h9-14H,5-8H2,1-4H3,(H,31,35). The lowest BCUT2D eigenvalue weighted by Gasteiger charge is -2.29. The molecule has 5 rings (SSSR count). The minimum absolute atomic E-state index is 0.0321. The van der Waals surface area contributed by atoms with Crippen LogP contribution in [0.2, 0.25) is 0 Å². The third-order valence-electron chi connectivity index (χ3n) is 6.13. The molecule has 0 atom stereocenters. The average Bonchev–Trinajstić information content (AvgIpc) is 3.41. The fraction of sp³-hybridized carbons (Fsp3) is 0.360. The molecular formula is C25H27F2N7O2. The van der Waals surface area contributed by atoms with Gasteiger partial charge in [0.25, 0.3) is 5.91 Å². The molecule has 188 valence electrons. The number of nitrogens with zero attached hydrogens (tertiary/aromatic N) is 6. The van der Waals surface area contributed by atoms with Crippen LogP contribution in [0, 0.1) is 18.8 Å². The van der Waals surface area contributed by atoms with Crippen molar-refractivity contribution in [2.45, 2.75) is 33.2 Å². The summed E-state index contributed by atoms with van der Waals surface area (Å²) in [7, 11) is 0. The first kappa shape index (κ1) is 23.9. The van der Waals surface area contributed by atoms with Gasteiger partial charge in [-0.15, -0.1) is 0 Å². The monoisotopic (exact) mass is 495 g/mol. The molecule has 0 bridgehead atoms. The fourth-order valence-corrected chi connectivity index (χ4v) is 4.26. The van der Waals surface area contributed by atoms with Crippen LogP contribution in [0.25, 0.3) is 16.8 Å². The Hall–Kier alpha value is -3.86. The number of hydrogen-bond acceptors (Lipinski definition) is 6. The number of carbonyl (C=O) groups is 1. The number of halogens is 2. The zero-order valence-corrected chi connectivity index (χ0v) is 20.5. The Morgan fingerprint density at radius 1 is 1.08 bits per heavy atom. The minimum atomic E-state index is -0.639. The van der Waals surface area contributed by atoms with Crippen molar-refractivity contribution in [3.63, 3.8) is 0 Å². The average molecular weight is 496 g/mol. The highest BCUT2D eigenvalue weighted by molar-refractivity contribution is 6.03. The fourth-order valence-electron chi connectivity index (χ4n) is 4.26. The number of morpholine rings is 1. The summed E-state index contributed by atoms with van der Waals surface area (Å²) in [6.45, 7) is 9.75. The highest BCUT2D eigenvalue weighted by Crippen LogP contribution is 2.32. The molecule has 0 radical (unpaired) electrons. The number of amides is 1. The molecule has 4 aromatic heterocycles. The van der Waals surface area contributed by atoms with Crippen molar-refractivity contribution in [3.8, 4) is 11.1 Å². The van der Waals surface area contributed by atoms with Gasteiger partial charge in [-0.25, -0.2) is 9.67 Å². The lowest BCUT2D eigenvalue weighted by Crippen LogP contribution is -2.36. The predicted molar refractivity (Wildman–Crippen MR) is 131 cm³/mol. The number of fused-ring (bicyclic) bond motifs is 1. The van der Waals surface area contributed by atoms with Gasteiger partial charge in [-0.1, -0.05) is 0 Å². The van der Waals surface area contributed by atoms with Crippen LogP contribution in [0.3, 0.4) is 0 Å². The van der Waals surface area contributed by atoms with Crippen molar-refractivity contribution >= 4 is 22.9 Å². The summed E-state index contributed by atoms with van der Waals surface area (Å²) in [4.78, 5) is 23.6. The molecule has 1 N–H and O–H groups in total. The molecule has 1 saturated heterocycles. The third-order valence-corrected chi connectivity index (χ3v) is 6.13. The number of aryl methyl sites for hydroxylation is 1. The van der Waals surface area contributed by atoms with Gasteiger partial charge in [0.05, 0.1) is 36.8 Å². The van der Waals surface area contributed by atoms with E-state index in [0.29, 0.717) is 43.1 Å². The number of rotatable bonds is 4. The van der Waals surface area contributed by atoms with Crippen LogP contribution in [-0.4, -0.2) is 56.4 Å². The highest BCUT2D eigenvalue weighted by atomic mass is 19.1. The molecule has 1 aliphatic rings. The van der Waals surface area contributed by atoms with E-state index in [1.165, 1.54) is 21.5 Å². The number of hydrogen-bond donors (Lipinski definition) is 1. The Kier molecular flexibility index (Phi) is 5.95. The molecule has 0 aliphatic carbocycles. The highest BCUT2D eigenvalue weighted by Gasteiger charge is 2.23. The van der Waals surface area contributed by atoms with Crippen LogP contribution in [0.5, 0.6) is 0 Å². The number of nitrogens with one attached hydrogen (secondary N) is 1. The zero-order chi connectivity index (χ0) is 25.6. The molecule has 1 aliphatic heterocycles. The maximum atomic E-state index is 14.8. The number of anilines is 2. The number of pyridine rings is 2. The van der Waals surface area contributed by atoms with E-state index in [-0.39, 0.29) is 11.4 Å². The van der Waals surface area contributed by atoms with E-state index in [0.717, 1.165) is 11.3 Å². The smallest absolute Gasteiger partial charge is 0.274 e. The molecule has 36 heavy (non-hydrogen) atoms. The largest absolute Gasteiger partial charge is 0.378 e. The van der Waals surface area contributed by atoms with Crippen LogP contribution < -0.4 is 10.2 Å². The van der Waals surface area contributed by atoms with Crippen molar-refractivity contribution < 1.29 is 18.3 Å². The van der Waals surface area contributed by atoms with Gasteiger partial charge >= 0.3 is 0 Å². The lowest BCUT2D eigenvalue weighted by molar-refractivity contribution is 0.102. The van der Waals surface area contributed by atoms with E-state index in [9.17, 15) is 13.6 Å². The van der Waals surface area contributed by atoms with Crippen molar-refractivity contribution in [2.24, 2.45) is 0 Å². The summed E-state index contributed by atoms with van der Waals surface area (Å²) in [6.07, 6.45) is 5.69. The first-order valence-corrected chi connectivity index (χ1v) is 11.6. The van der Waals surface area contributed by atoms with Gasteiger partial charge in [0.1, 0.15) is 11.4 Å². The second-order valence-corrected chi connectivity index (χ2v) is 9.76. The Bertz CT molecular complexity index is 1450. The van der Waals surface area contributed by atoms with Gasteiger partial charge in [0.15, 0.2) is 5.65 Å². The maximum Gasteiger partial charge on any atom is 0.274 e. The van der Waals surface area contributed by atoms with Gasteiger partial charge < -0.3 is 15.0 Å². The molecule has 1 fully saturated rings. The minimum Gasteiger partial charge on any atom is -0.378 e. The third kappa shape index (κ3) is 4.30. The summed E-state index contributed by atoms with van der Waals surface area (Å²) >= 11 is 0. The molecule has 11 heteroatoms. The van der Waals surface area contributed by atoms with Gasteiger partial charge in [0.2, 0.25) is 11.9 Å². The Balaban J connectivity index is 1.52. The summed E-state index contributed by atoms with van der Waals surface area (Å²) in [5, 5.41) is 6.61. The van der Waals surface area contributed by atoms with Gasteiger partial charge in [0, 0.05) is 31.0 Å². The number of carbonyl (C=O) groups excluding carboxylic acids is 1. The lowest BCUT2D eigenvalue weighted by atomic mass is 10.0. The normalized spacial score (nSPS) is 14.4. The molecule has 5 heterocycles. The van der Waals surface area contributed by atoms with Crippen LogP contribution in [0.4, 0.5) is 20.2 Å². The quantitative estimate of drug-likeness (QED) is 0.460. The van der Waals surface area contributed by atoms with E-state index >= 15 is 0 Å². The molecule has 0 spiro atoms. The summed E-state index contributed by atoms with van der Waals surface area (Å²) in [5.74, 6) is -1.70. The van der Waals surface area contributed by atoms with Crippen LogP contribution >= 0.6 is 0 Å². The molecule has 0 saturated carbocycles. The zero-order valence-electron chi connectivity index (χ0n) is 20.5. The van der Waals surface area contributed by atoms with E-state index in [1.807, 2.05) is 33.8 Å². The van der Waals surface area contributed by atoms with Crippen LogP contribution in [-0.2, 0) is 10.3 Å². The Labute approximate surface area is 206 Å². The molecule has 0 aromatic carbocycles.